The summed E-state index contributed by atoms with van der Waals surface area (Å²) in [5, 5.41) is 0.839. The van der Waals surface area contributed by atoms with Crippen LogP contribution in [0.2, 0.25) is 0 Å². The van der Waals surface area contributed by atoms with Crippen molar-refractivity contribution < 1.29 is 9.09 Å². The predicted molar refractivity (Wildman–Crippen MR) is 89.3 cm³/mol. The smallest absolute Gasteiger partial charge is 0.266 e. The lowest BCUT2D eigenvalue weighted by molar-refractivity contribution is 0.508. The molecule has 0 aromatic heterocycles. The van der Waals surface area contributed by atoms with E-state index in [0.29, 0.717) is 11.8 Å². The first-order valence-corrected chi connectivity index (χ1v) is 8.80. The largest absolute Gasteiger partial charge is 0.441 e. The van der Waals surface area contributed by atoms with Crippen molar-refractivity contribution >= 4 is 13.3 Å². The normalized spacial score (nSPS) is 16.6. The van der Waals surface area contributed by atoms with Crippen LogP contribution in [0.25, 0.3) is 11.1 Å². The number of fused-ring (bicyclic) bond motifs is 3. The lowest BCUT2D eigenvalue weighted by Gasteiger charge is -2.25. The summed E-state index contributed by atoms with van der Waals surface area (Å²) >= 11 is 0. The Morgan fingerprint density at radius 2 is 1.67 bits per heavy atom. The average Bonchev–Trinajstić information content (AvgIpc) is 2.46. The quantitative estimate of drug-likeness (QED) is 0.722. The van der Waals surface area contributed by atoms with E-state index in [1.165, 1.54) is 5.56 Å². The molecule has 1 heterocycles. The summed E-state index contributed by atoms with van der Waals surface area (Å²) in [5.41, 5.74) is 4.61. The van der Waals surface area contributed by atoms with Crippen molar-refractivity contribution in [1.82, 2.24) is 0 Å². The van der Waals surface area contributed by atoms with Gasteiger partial charge in [-0.2, -0.15) is 0 Å². The highest BCUT2D eigenvalue weighted by atomic mass is 31.1. The van der Waals surface area contributed by atoms with E-state index in [1.54, 1.807) is 0 Å². The van der Waals surface area contributed by atoms with Crippen LogP contribution >= 0.6 is 8.03 Å². The second kappa shape index (κ2) is 5.35. The zero-order valence-corrected chi connectivity index (χ0v) is 13.9. The van der Waals surface area contributed by atoms with Crippen molar-refractivity contribution in [3.8, 4) is 16.9 Å². The van der Waals surface area contributed by atoms with Gasteiger partial charge < -0.3 is 4.52 Å². The molecule has 0 radical (unpaired) electrons. The van der Waals surface area contributed by atoms with Crippen molar-refractivity contribution in [3.63, 3.8) is 0 Å². The molecule has 0 fully saturated rings. The van der Waals surface area contributed by atoms with Crippen LogP contribution < -0.4 is 9.83 Å². The third kappa shape index (κ3) is 2.42. The summed E-state index contributed by atoms with van der Waals surface area (Å²) < 4.78 is 18.2. The molecule has 3 heteroatoms. The van der Waals surface area contributed by atoms with Crippen LogP contribution in [0.3, 0.4) is 0 Å². The van der Waals surface area contributed by atoms with Crippen LogP contribution in [0.4, 0.5) is 0 Å². The second-order valence-corrected chi connectivity index (χ2v) is 7.55. The zero-order valence-electron chi connectivity index (χ0n) is 12.9. The lowest BCUT2D eigenvalue weighted by atomic mass is 9.89. The fraction of sp³-hybridized carbons (Fsp3) is 0.333. The van der Waals surface area contributed by atoms with Gasteiger partial charge in [0.25, 0.3) is 8.03 Å². The summed E-state index contributed by atoms with van der Waals surface area (Å²) in [6.45, 7) is 8.70. The van der Waals surface area contributed by atoms with Crippen molar-refractivity contribution in [1.29, 1.82) is 0 Å². The maximum atomic E-state index is 12.4. The van der Waals surface area contributed by atoms with Crippen molar-refractivity contribution in [3.05, 3.63) is 47.5 Å². The molecule has 0 saturated heterocycles. The first-order chi connectivity index (χ1) is 9.99. The molecule has 3 rings (SSSR count). The molecule has 2 aromatic rings. The van der Waals surface area contributed by atoms with Crippen LogP contribution in [0.5, 0.6) is 5.75 Å². The van der Waals surface area contributed by atoms with E-state index >= 15 is 0 Å². The molecule has 1 aliphatic heterocycles. The maximum absolute atomic E-state index is 12.4. The molecule has 0 N–H and O–H groups in total. The average molecular weight is 300 g/mol. The molecule has 0 saturated carbocycles. The van der Waals surface area contributed by atoms with Crippen LogP contribution in [-0.2, 0) is 4.57 Å². The van der Waals surface area contributed by atoms with Crippen LogP contribution in [-0.4, -0.2) is 0 Å². The topological polar surface area (TPSA) is 26.3 Å². The fourth-order valence-corrected chi connectivity index (χ4v) is 3.99. The minimum absolute atomic E-state index is 0.345. The highest BCUT2D eigenvalue weighted by molar-refractivity contribution is 7.49. The second-order valence-electron chi connectivity index (χ2n) is 6.23. The molecule has 2 nitrogen and oxygen atoms in total. The Kier molecular flexibility index (Phi) is 3.67. The van der Waals surface area contributed by atoms with Crippen LogP contribution in [0, 0.1) is 0 Å². The number of benzene rings is 2. The minimum atomic E-state index is -2.20. The third-order valence-electron chi connectivity index (χ3n) is 4.06. The van der Waals surface area contributed by atoms with Gasteiger partial charge in [0.1, 0.15) is 5.75 Å². The fourth-order valence-electron chi connectivity index (χ4n) is 2.79. The standard InChI is InChI=1S/C18H21O2P/c1-11(2)13-9-15(12(3)4)18-16(10-13)14-7-5-6-8-17(14)21(19)20-18/h5-12,21H,1-4H3. The Balaban J connectivity index is 2.33. The Morgan fingerprint density at radius 3 is 2.33 bits per heavy atom. The van der Waals surface area contributed by atoms with Crippen LogP contribution in [0.1, 0.15) is 50.7 Å². The Hall–Kier alpha value is -1.53. The van der Waals surface area contributed by atoms with Crippen LogP contribution in [0.15, 0.2) is 36.4 Å². The third-order valence-corrected chi connectivity index (χ3v) is 5.33. The number of hydrogen-bond acceptors (Lipinski definition) is 2. The van der Waals surface area contributed by atoms with E-state index in [4.69, 9.17) is 4.52 Å². The van der Waals surface area contributed by atoms with Gasteiger partial charge in [0.15, 0.2) is 0 Å². The maximum Gasteiger partial charge on any atom is 0.266 e. The monoisotopic (exact) mass is 300 g/mol. The first kappa shape index (κ1) is 14.4. The Bertz CT molecular complexity index is 717. The summed E-state index contributed by atoms with van der Waals surface area (Å²) in [6.07, 6.45) is 0. The van der Waals surface area contributed by atoms with Crippen molar-refractivity contribution in [2.45, 2.75) is 39.5 Å². The summed E-state index contributed by atoms with van der Waals surface area (Å²) in [6, 6.07) is 12.3. The zero-order chi connectivity index (χ0) is 15.1. The molecular weight excluding hydrogens is 279 g/mol. The molecule has 0 bridgehead atoms. The molecule has 110 valence electrons. The number of hydrogen-bond donors (Lipinski definition) is 0. The van der Waals surface area contributed by atoms with Crippen molar-refractivity contribution in [2.24, 2.45) is 0 Å². The molecule has 1 aliphatic rings. The van der Waals surface area contributed by atoms with Gasteiger partial charge in [0.05, 0.1) is 5.30 Å². The van der Waals surface area contributed by atoms with E-state index in [-0.39, 0.29) is 0 Å². The molecule has 0 spiro atoms. The van der Waals surface area contributed by atoms with E-state index in [2.05, 4.69) is 39.8 Å². The van der Waals surface area contributed by atoms with Crippen molar-refractivity contribution in [2.75, 3.05) is 0 Å². The van der Waals surface area contributed by atoms with Gasteiger partial charge >= 0.3 is 0 Å². The molecule has 2 aromatic carbocycles. The van der Waals surface area contributed by atoms with Gasteiger partial charge in [0, 0.05) is 5.56 Å². The lowest BCUT2D eigenvalue weighted by Crippen LogP contribution is -2.12. The van der Waals surface area contributed by atoms with E-state index < -0.39 is 8.03 Å². The Morgan fingerprint density at radius 1 is 0.952 bits per heavy atom. The van der Waals surface area contributed by atoms with E-state index in [9.17, 15) is 4.57 Å². The summed E-state index contributed by atoms with van der Waals surface area (Å²) in [5.74, 6) is 1.62. The highest BCUT2D eigenvalue weighted by Gasteiger charge is 2.26. The highest BCUT2D eigenvalue weighted by Crippen LogP contribution is 2.47. The summed E-state index contributed by atoms with van der Waals surface area (Å²) in [4.78, 5) is 0. The van der Waals surface area contributed by atoms with Gasteiger partial charge in [-0.25, -0.2) is 0 Å². The van der Waals surface area contributed by atoms with Gasteiger partial charge in [-0.15, -0.1) is 0 Å². The van der Waals surface area contributed by atoms with E-state index in [1.807, 2.05) is 24.3 Å². The molecule has 21 heavy (non-hydrogen) atoms. The molecule has 0 aliphatic carbocycles. The molecular formula is C18H21O2P. The predicted octanol–water partition coefficient (Wildman–Crippen LogP) is 5.09. The van der Waals surface area contributed by atoms with Gasteiger partial charge in [-0.1, -0.05) is 52.0 Å². The summed E-state index contributed by atoms with van der Waals surface area (Å²) in [7, 11) is -2.20. The van der Waals surface area contributed by atoms with Gasteiger partial charge in [-0.3, -0.25) is 4.57 Å². The molecule has 1 unspecified atom stereocenters. The van der Waals surface area contributed by atoms with Gasteiger partial charge in [-0.05, 0) is 40.7 Å². The SMILES string of the molecule is CC(C)c1cc2c(c(C(C)C)c1)O[PH](=O)c1ccccc1-2. The Labute approximate surface area is 127 Å². The number of rotatable bonds is 2. The van der Waals surface area contributed by atoms with Gasteiger partial charge in [0.2, 0.25) is 0 Å². The van der Waals surface area contributed by atoms with E-state index in [0.717, 1.165) is 27.7 Å². The molecule has 1 atom stereocenters. The minimum Gasteiger partial charge on any atom is -0.441 e. The molecule has 0 amide bonds. The first-order valence-electron chi connectivity index (χ1n) is 7.48.